The number of fused-ring (bicyclic) bond motifs is 1. The van der Waals surface area contributed by atoms with Gasteiger partial charge in [-0.25, -0.2) is 4.98 Å². The SMILES string of the molecule is Cc1cccn2c(-c3cccnc3)nc(Br)c12. The summed E-state index contributed by atoms with van der Waals surface area (Å²) in [6, 6.07) is 8.03. The normalized spacial score (nSPS) is 10.9. The lowest BCUT2D eigenvalue weighted by molar-refractivity contribution is 1.14. The second kappa shape index (κ2) is 3.96. The molecule has 0 saturated carbocycles. The van der Waals surface area contributed by atoms with Gasteiger partial charge in [0.2, 0.25) is 0 Å². The fraction of sp³-hybridized carbons (Fsp3) is 0.0769. The summed E-state index contributed by atoms with van der Waals surface area (Å²) in [7, 11) is 0. The van der Waals surface area contributed by atoms with Crippen molar-refractivity contribution in [1.82, 2.24) is 14.4 Å². The molecule has 3 nitrogen and oxygen atoms in total. The van der Waals surface area contributed by atoms with E-state index in [0.717, 1.165) is 21.5 Å². The zero-order valence-electron chi connectivity index (χ0n) is 9.26. The van der Waals surface area contributed by atoms with Gasteiger partial charge in [0.1, 0.15) is 10.4 Å². The summed E-state index contributed by atoms with van der Waals surface area (Å²) in [6.07, 6.45) is 5.60. The van der Waals surface area contributed by atoms with Gasteiger partial charge in [0.05, 0.1) is 5.52 Å². The van der Waals surface area contributed by atoms with Gasteiger partial charge in [-0.1, -0.05) is 6.07 Å². The Balaban J connectivity index is 2.36. The highest BCUT2D eigenvalue weighted by molar-refractivity contribution is 9.10. The monoisotopic (exact) mass is 287 g/mol. The van der Waals surface area contributed by atoms with Crippen LogP contribution in [0.5, 0.6) is 0 Å². The smallest absolute Gasteiger partial charge is 0.147 e. The van der Waals surface area contributed by atoms with Crippen molar-refractivity contribution < 1.29 is 0 Å². The minimum Gasteiger partial charge on any atom is -0.298 e. The Hall–Kier alpha value is -1.68. The molecule has 0 saturated heterocycles. The number of halogens is 1. The Morgan fingerprint density at radius 1 is 1.24 bits per heavy atom. The Kier molecular flexibility index (Phi) is 2.44. The van der Waals surface area contributed by atoms with E-state index in [0.29, 0.717) is 0 Å². The molecular formula is C13H10BrN3. The lowest BCUT2D eigenvalue weighted by Crippen LogP contribution is -1.90. The molecule has 84 valence electrons. The number of hydrogen-bond donors (Lipinski definition) is 0. The highest BCUT2D eigenvalue weighted by Gasteiger charge is 2.11. The van der Waals surface area contributed by atoms with Gasteiger partial charge in [0, 0.05) is 24.2 Å². The van der Waals surface area contributed by atoms with Crippen molar-refractivity contribution >= 4 is 21.4 Å². The third-order valence-electron chi connectivity index (χ3n) is 2.74. The van der Waals surface area contributed by atoms with Crippen molar-refractivity contribution in [2.24, 2.45) is 0 Å². The second-order valence-corrected chi connectivity index (χ2v) is 4.63. The van der Waals surface area contributed by atoms with Crippen LogP contribution in [0.25, 0.3) is 16.9 Å². The molecule has 3 aromatic heterocycles. The van der Waals surface area contributed by atoms with Crippen LogP contribution in [0, 0.1) is 6.92 Å². The average Bonchev–Trinajstić information content (AvgIpc) is 2.69. The van der Waals surface area contributed by atoms with Crippen LogP contribution in [-0.2, 0) is 0 Å². The topological polar surface area (TPSA) is 30.2 Å². The number of nitrogens with zero attached hydrogens (tertiary/aromatic N) is 3. The first-order valence-corrected chi connectivity index (χ1v) is 6.10. The summed E-state index contributed by atoms with van der Waals surface area (Å²) in [4.78, 5) is 8.69. The van der Waals surface area contributed by atoms with Crippen molar-refractivity contribution in [1.29, 1.82) is 0 Å². The molecule has 0 unspecified atom stereocenters. The van der Waals surface area contributed by atoms with Gasteiger partial charge in [-0.3, -0.25) is 9.38 Å². The van der Waals surface area contributed by atoms with Gasteiger partial charge >= 0.3 is 0 Å². The van der Waals surface area contributed by atoms with Gasteiger partial charge in [0.25, 0.3) is 0 Å². The minimum atomic E-state index is 0.870. The van der Waals surface area contributed by atoms with E-state index in [4.69, 9.17) is 0 Å². The highest BCUT2D eigenvalue weighted by atomic mass is 79.9. The molecule has 0 fully saturated rings. The van der Waals surface area contributed by atoms with Crippen LogP contribution in [-0.4, -0.2) is 14.4 Å². The Morgan fingerprint density at radius 2 is 2.12 bits per heavy atom. The number of pyridine rings is 2. The summed E-state index contributed by atoms with van der Waals surface area (Å²) in [6.45, 7) is 2.08. The van der Waals surface area contributed by atoms with Crippen LogP contribution >= 0.6 is 15.9 Å². The maximum atomic E-state index is 4.56. The van der Waals surface area contributed by atoms with E-state index in [1.165, 1.54) is 5.56 Å². The van der Waals surface area contributed by atoms with E-state index in [1.807, 2.05) is 30.6 Å². The number of hydrogen-bond acceptors (Lipinski definition) is 2. The first-order chi connectivity index (χ1) is 8.27. The van der Waals surface area contributed by atoms with E-state index in [1.54, 1.807) is 6.20 Å². The third kappa shape index (κ3) is 1.65. The standard InChI is InChI=1S/C13H10BrN3/c1-9-4-3-7-17-11(9)12(14)16-13(17)10-5-2-6-15-8-10/h2-8H,1H3. The Labute approximate surface area is 107 Å². The molecule has 3 rings (SSSR count). The molecule has 0 bridgehead atoms. The van der Waals surface area contributed by atoms with E-state index >= 15 is 0 Å². The number of rotatable bonds is 1. The van der Waals surface area contributed by atoms with Crippen molar-refractivity contribution in [3.8, 4) is 11.4 Å². The van der Waals surface area contributed by atoms with Crippen molar-refractivity contribution in [2.45, 2.75) is 6.92 Å². The fourth-order valence-corrected chi connectivity index (χ4v) is 2.63. The quantitative estimate of drug-likeness (QED) is 0.686. The predicted molar refractivity (Wildman–Crippen MR) is 70.9 cm³/mol. The molecule has 0 aliphatic rings. The Morgan fingerprint density at radius 3 is 2.88 bits per heavy atom. The number of imidazole rings is 1. The summed E-state index contributed by atoms with van der Waals surface area (Å²) < 4.78 is 2.95. The molecule has 0 amide bonds. The average molecular weight is 288 g/mol. The molecule has 0 aliphatic carbocycles. The summed E-state index contributed by atoms with van der Waals surface area (Å²) in [5.74, 6) is 0.906. The van der Waals surface area contributed by atoms with Crippen LogP contribution in [0.1, 0.15) is 5.56 Å². The van der Waals surface area contributed by atoms with Crippen molar-refractivity contribution in [3.63, 3.8) is 0 Å². The van der Waals surface area contributed by atoms with Crippen molar-refractivity contribution in [3.05, 3.63) is 53.0 Å². The molecule has 0 aromatic carbocycles. The van der Waals surface area contributed by atoms with Gasteiger partial charge in [-0.15, -0.1) is 0 Å². The molecule has 3 heterocycles. The molecule has 0 atom stereocenters. The highest BCUT2D eigenvalue weighted by Crippen LogP contribution is 2.27. The fourth-order valence-electron chi connectivity index (χ4n) is 1.95. The van der Waals surface area contributed by atoms with Gasteiger partial charge in [0.15, 0.2) is 0 Å². The largest absolute Gasteiger partial charge is 0.298 e. The molecule has 0 N–H and O–H groups in total. The van der Waals surface area contributed by atoms with E-state index in [-0.39, 0.29) is 0 Å². The first kappa shape index (κ1) is 10.5. The van der Waals surface area contributed by atoms with Gasteiger partial charge < -0.3 is 0 Å². The van der Waals surface area contributed by atoms with E-state index < -0.39 is 0 Å². The molecular weight excluding hydrogens is 278 g/mol. The molecule has 0 radical (unpaired) electrons. The molecule has 3 aromatic rings. The minimum absolute atomic E-state index is 0.870. The van der Waals surface area contributed by atoms with Crippen LogP contribution in [0.15, 0.2) is 47.5 Å². The van der Waals surface area contributed by atoms with E-state index in [2.05, 4.69) is 43.3 Å². The predicted octanol–water partition coefficient (Wildman–Crippen LogP) is 3.47. The number of aryl methyl sites for hydroxylation is 1. The second-order valence-electron chi connectivity index (χ2n) is 3.88. The lowest BCUT2D eigenvalue weighted by atomic mass is 10.2. The molecule has 0 spiro atoms. The zero-order chi connectivity index (χ0) is 11.8. The van der Waals surface area contributed by atoms with Crippen molar-refractivity contribution in [2.75, 3.05) is 0 Å². The number of aromatic nitrogens is 3. The van der Waals surface area contributed by atoms with Crippen LogP contribution in [0.4, 0.5) is 0 Å². The lowest BCUT2D eigenvalue weighted by Gasteiger charge is -2.01. The van der Waals surface area contributed by atoms with Crippen LogP contribution < -0.4 is 0 Å². The van der Waals surface area contributed by atoms with Gasteiger partial charge in [-0.2, -0.15) is 0 Å². The Bertz CT molecular complexity index is 674. The zero-order valence-corrected chi connectivity index (χ0v) is 10.8. The summed E-state index contributed by atoms with van der Waals surface area (Å²) in [5.41, 5.74) is 3.31. The molecule has 17 heavy (non-hydrogen) atoms. The third-order valence-corrected chi connectivity index (χ3v) is 3.30. The van der Waals surface area contributed by atoms with E-state index in [9.17, 15) is 0 Å². The first-order valence-electron chi connectivity index (χ1n) is 5.31. The van der Waals surface area contributed by atoms with Gasteiger partial charge in [-0.05, 0) is 46.6 Å². The maximum Gasteiger partial charge on any atom is 0.147 e. The maximum absolute atomic E-state index is 4.56. The summed E-state index contributed by atoms with van der Waals surface area (Å²) in [5, 5.41) is 0. The molecule has 0 aliphatic heterocycles. The van der Waals surface area contributed by atoms with Crippen LogP contribution in [0.3, 0.4) is 0 Å². The van der Waals surface area contributed by atoms with Crippen LogP contribution in [0.2, 0.25) is 0 Å². The summed E-state index contributed by atoms with van der Waals surface area (Å²) >= 11 is 3.51. The molecule has 4 heteroatoms.